The Bertz CT molecular complexity index is 542. The number of aromatic nitrogens is 2. The quantitative estimate of drug-likeness (QED) is 0.889. The van der Waals surface area contributed by atoms with Gasteiger partial charge >= 0.3 is 0 Å². The molecule has 6 heteroatoms. The number of fused-ring (bicyclic) bond motifs is 1. The molecule has 2 N–H and O–H groups in total. The number of nitrogen functional groups attached to an aromatic ring is 1. The summed E-state index contributed by atoms with van der Waals surface area (Å²) in [7, 11) is 0. The highest BCUT2D eigenvalue weighted by Gasteiger charge is 2.16. The van der Waals surface area contributed by atoms with Crippen LogP contribution >= 0.6 is 11.3 Å². The van der Waals surface area contributed by atoms with E-state index in [1.165, 1.54) is 16.9 Å². The Morgan fingerprint density at radius 2 is 2.22 bits per heavy atom. The minimum atomic E-state index is 0.525. The van der Waals surface area contributed by atoms with Crippen molar-refractivity contribution in [3.8, 4) is 5.75 Å². The summed E-state index contributed by atoms with van der Waals surface area (Å²) in [4.78, 5) is 2.30. The molecule has 0 saturated heterocycles. The number of nitrogens with zero attached hydrogens (tertiary/aromatic N) is 3. The van der Waals surface area contributed by atoms with Crippen LogP contribution in [-0.4, -0.2) is 28.2 Å². The maximum atomic E-state index is 5.72. The summed E-state index contributed by atoms with van der Waals surface area (Å²) in [5.74, 6) is 0.983. The third-order valence-electron chi connectivity index (χ3n) is 2.87. The third-order valence-corrected chi connectivity index (χ3v) is 3.61. The van der Waals surface area contributed by atoms with E-state index < -0.39 is 0 Å². The highest BCUT2D eigenvalue weighted by atomic mass is 32.1. The van der Waals surface area contributed by atoms with Crippen LogP contribution in [-0.2, 0) is 13.1 Å². The predicted octanol–water partition coefficient (Wildman–Crippen LogP) is 1.51. The highest BCUT2D eigenvalue weighted by Crippen LogP contribution is 2.24. The molecule has 1 aliphatic heterocycles. The number of hydrogen-bond acceptors (Lipinski definition) is 6. The van der Waals surface area contributed by atoms with E-state index in [-0.39, 0.29) is 0 Å². The normalized spacial score (nSPS) is 15.8. The van der Waals surface area contributed by atoms with Crippen molar-refractivity contribution in [2.24, 2.45) is 0 Å². The zero-order chi connectivity index (χ0) is 12.4. The molecule has 1 aromatic carbocycles. The molecule has 0 unspecified atom stereocenters. The summed E-state index contributed by atoms with van der Waals surface area (Å²) in [6.07, 6.45) is 0. The maximum Gasteiger partial charge on any atom is 0.203 e. The average Bonchev–Trinajstić information content (AvgIpc) is 2.66. The first-order valence-corrected chi connectivity index (χ1v) is 6.64. The first-order valence-electron chi connectivity index (χ1n) is 5.82. The third kappa shape index (κ3) is 2.44. The molecule has 0 saturated carbocycles. The van der Waals surface area contributed by atoms with Gasteiger partial charge in [-0.2, -0.15) is 0 Å². The zero-order valence-corrected chi connectivity index (χ0v) is 10.7. The Labute approximate surface area is 109 Å². The molecule has 5 nitrogen and oxygen atoms in total. The fourth-order valence-electron chi connectivity index (χ4n) is 2.04. The molecular weight excluding hydrogens is 248 g/mol. The van der Waals surface area contributed by atoms with Gasteiger partial charge in [-0.15, -0.1) is 10.2 Å². The van der Waals surface area contributed by atoms with Gasteiger partial charge in [0, 0.05) is 18.7 Å². The van der Waals surface area contributed by atoms with Gasteiger partial charge in [0.2, 0.25) is 5.13 Å². The van der Waals surface area contributed by atoms with E-state index in [9.17, 15) is 0 Å². The largest absolute Gasteiger partial charge is 0.492 e. The lowest BCUT2D eigenvalue weighted by Crippen LogP contribution is -2.25. The van der Waals surface area contributed by atoms with Crippen LogP contribution in [0.25, 0.3) is 0 Å². The first kappa shape index (κ1) is 11.4. The second-order valence-electron chi connectivity index (χ2n) is 4.20. The lowest BCUT2D eigenvalue weighted by Gasteiger charge is -2.17. The Kier molecular flexibility index (Phi) is 3.12. The summed E-state index contributed by atoms with van der Waals surface area (Å²) in [6.45, 7) is 3.22. The second-order valence-corrected chi connectivity index (χ2v) is 5.29. The van der Waals surface area contributed by atoms with Crippen LogP contribution in [0, 0.1) is 0 Å². The highest BCUT2D eigenvalue weighted by molar-refractivity contribution is 7.15. The molecule has 0 spiro atoms. The zero-order valence-electron chi connectivity index (χ0n) is 9.87. The number of ether oxygens (including phenoxy) is 1. The van der Waals surface area contributed by atoms with Crippen LogP contribution in [0.2, 0.25) is 0 Å². The van der Waals surface area contributed by atoms with E-state index in [1.54, 1.807) is 0 Å². The average molecular weight is 262 g/mol. The molecule has 0 amide bonds. The van der Waals surface area contributed by atoms with Crippen molar-refractivity contribution in [2.45, 2.75) is 13.1 Å². The molecule has 0 aliphatic carbocycles. The molecule has 0 fully saturated rings. The molecule has 1 aliphatic rings. The summed E-state index contributed by atoms with van der Waals surface area (Å²) in [5.41, 5.74) is 6.81. The van der Waals surface area contributed by atoms with E-state index >= 15 is 0 Å². The standard InChI is InChI=1S/C12H14N4OS/c13-12-15-14-11(18-12)8-16-5-6-17-10-4-2-1-3-9(10)7-16/h1-4H,5-8H2,(H2,13,15). The van der Waals surface area contributed by atoms with Crippen molar-refractivity contribution in [1.29, 1.82) is 0 Å². The fourth-order valence-corrected chi connectivity index (χ4v) is 2.69. The Balaban J connectivity index is 1.75. The number of para-hydroxylation sites is 1. The van der Waals surface area contributed by atoms with Crippen molar-refractivity contribution < 1.29 is 4.74 Å². The van der Waals surface area contributed by atoms with Crippen molar-refractivity contribution in [3.63, 3.8) is 0 Å². The number of anilines is 1. The Hall–Kier alpha value is -1.66. The SMILES string of the molecule is Nc1nnc(CN2CCOc3ccccc3C2)s1. The summed E-state index contributed by atoms with van der Waals surface area (Å²) < 4.78 is 5.72. The molecular formula is C12H14N4OS. The van der Waals surface area contributed by atoms with Gasteiger partial charge in [-0.05, 0) is 6.07 Å². The lowest BCUT2D eigenvalue weighted by molar-refractivity contribution is 0.219. The van der Waals surface area contributed by atoms with Crippen molar-refractivity contribution in [2.75, 3.05) is 18.9 Å². The van der Waals surface area contributed by atoms with Crippen LogP contribution < -0.4 is 10.5 Å². The summed E-state index contributed by atoms with van der Waals surface area (Å²) in [6, 6.07) is 8.15. The van der Waals surface area contributed by atoms with Gasteiger partial charge < -0.3 is 10.5 Å². The van der Waals surface area contributed by atoms with Crippen LogP contribution in [0.4, 0.5) is 5.13 Å². The first-order chi connectivity index (χ1) is 8.81. The van der Waals surface area contributed by atoms with Gasteiger partial charge in [-0.25, -0.2) is 0 Å². The summed E-state index contributed by atoms with van der Waals surface area (Å²) in [5, 5.41) is 9.37. The molecule has 94 valence electrons. The van der Waals surface area contributed by atoms with Crippen molar-refractivity contribution >= 4 is 16.5 Å². The van der Waals surface area contributed by atoms with Crippen LogP contribution in [0.1, 0.15) is 10.6 Å². The summed E-state index contributed by atoms with van der Waals surface area (Å²) >= 11 is 1.44. The van der Waals surface area contributed by atoms with Crippen molar-refractivity contribution in [1.82, 2.24) is 15.1 Å². The van der Waals surface area contributed by atoms with Crippen LogP contribution in [0.5, 0.6) is 5.75 Å². The topological polar surface area (TPSA) is 64.3 Å². The lowest BCUT2D eigenvalue weighted by atomic mass is 10.2. The fraction of sp³-hybridized carbons (Fsp3) is 0.333. The molecule has 2 heterocycles. The molecule has 3 rings (SSSR count). The minimum Gasteiger partial charge on any atom is -0.492 e. The van der Waals surface area contributed by atoms with Gasteiger partial charge in [-0.1, -0.05) is 29.5 Å². The Morgan fingerprint density at radius 1 is 1.33 bits per heavy atom. The van der Waals surface area contributed by atoms with Crippen LogP contribution in [0.15, 0.2) is 24.3 Å². The van der Waals surface area contributed by atoms with Gasteiger partial charge in [0.25, 0.3) is 0 Å². The van der Waals surface area contributed by atoms with E-state index in [2.05, 4.69) is 21.2 Å². The van der Waals surface area contributed by atoms with Gasteiger partial charge in [0.15, 0.2) is 0 Å². The van der Waals surface area contributed by atoms with Crippen LogP contribution in [0.3, 0.4) is 0 Å². The number of hydrogen-bond donors (Lipinski definition) is 1. The second kappa shape index (κ2) is 4.91. The molecule has 0 atom stereocenters. The van der Waals surface area contributed by atoms with E-state index in [1.807, 2.05) is 18.2 Å². The van der Waals surface area contributed by atoms with Gasteiger partial charge in [0.1, 0.15) is 17.4 Å². The Morgan fingerprint density at radius 3 is 3.06 bits per heavy atom. The predicted molar refractivity (Wildman–Crippen MR) is 70.4 cm³/mol. The van der Waals surface area contributed by atoms with E-state index in [0.29, 0.717) is 11.7 Å². The van der Waals surface area contributed by atoms with E-state index in [0.717, 1.165) is 30.4 Å². The maximum absolute atomic E-state index is 5.72. The monoisotopic (exact) mass is 262 g/mol. The molecule has 2 aromatic rings. The molecule has 0 bridgehead atoms. The van der Waals surface area contributed by atoms with E-state index in [4.69, 9.17) is 10.5 Å². The minimum absolute atomic E-state index is 0.525. The molecule has 0 radical (unpaired) electrons. The number of nitrogens with two attached hydrogens (primary N) is 1. The van der Waals surface area contributed by atoms with Gasteiger partial charge in [-0.3, -0.25) is 4.90 Å². The number of benzene rings is 1. The van der Waals surface area contributed by atoms with Gasteiger partial charge in [0.05, 0.1) is 6.54 Å². The smallest absolute Gasteiger partial charge is 0.203 e. The molecule has 18 heavy (non-hydrogen) atoms. The molecule has 1 aromatic heterocycles. The number of rotatable bonds is 2. The van der Waals surface area contributed by atoms with Crippen molar-refractivity contribution in [3.05, 3.63) is 34.8 Å².